The molecular weight excluding hydrogens is 599 g/mol. The predicted octanol–water partition coefficient (Wildman–Crippen LogP) is 7.88. The lowest BCUT2D eigenvalue weighted by Gasteiger charge is -2.29. The van der Waals surface area contributed by atoms with Crippen molar-refractivity contribution in [1.82, 2.24) is 0 Å². The van der Waals surface area contributed by atoms with Crippen LogP contribution in [0.3, 0.4) is 0 Å². The largest absolute Gasteiger partial charge is 0.461 e. The van der Waals surface area contributed by atoms with Crippen LogP contribution in [0.15, 0.2) is 72.8 Å². The lowest BCUT2D eigenvalue weighted by molar-refractivity contribution is -0.253. The predicted molar refractivity (Wildman–Crippen MR) is 126 cm³/mol. The molecule has 3 rings (SSSR count). The Morgan fingerprint density at radius 2 is 1.12 bits per heavy atom. The Balaban J connectivity index is 1.87. The smallest absolute Gasteiger partial charge is 0.457 e. The Kier molecular flexibility index (Phi) is 10.0. The van der Waals surface area contributed by atoms with Crippen LogP contribution in [0.1, 0.15) is 5.56 Å². The number of halogens is 11. The molecule has 0 aliphatic rings. The van der Waals surface area contributed by atoms with Crippen molar-refractivity contribution in [2.45, 2.75) is 43.9 Å². The molecule has 0 fully saturated rings. The molecule has 0 heterocycles. The first-order valence-corrected chi connectivity index (χ1v) is 11.6. The molecule has 0 saturated carbocycles. The lowest BCUT2D eigenvalue weighted by Crippen LogP contribution is -2.40. The topological polar surface area (TPSA) is 51.2 Å². The fourth-order valence-corrected chi connectivity index (χ4v) is 3.39. The van der Waals surface area contributed by atoms with E-state index in [4.69, 9.17) is 4.74 Å². The highest BCUT2D eigenvalue weighted by atomic mass is 19.4. The number of alkyl halides is 11. The molecule has 0 bridgehead atoms. The number of ether oxygens (including phenoxy) is 3. The summed E-state index contributed by atoms with van der Waals surface area (Å²) >= 11 is 0. The minimum Gasteiger partial charge on any atom is -0.457 e. The number of aliphatic hydroxyl groups is 1. The molecule has 1 atom stereocenters. The van der Waals surface area contributed by atoms with E-state index >= 15 is 0 Å². The van der Waals surface area contributed by atoms with Crippen LogP contribution in [-0.4, -0.2) is 49.0 Å². The standard InChI is InChI=1S/C26H20F11NO4/c27-22(28)25(34,35)41-19-8-1-4-15(10-19)13-38(14-21(39)24(31,32)33)16-5-2-6-17(11-16)40-18-7-3-9-20(12-18)42-26(36,37)23(29)30/h1-12,21-23,39H,13-14H2/t21-/m1/s1. The first kappa shape index (κ1) is 32.6. The summed E-state index contributed by atoms with van der Waals surface area (Å²) in [6.45, 7) is -1.54. The molecule has 0 spiro atoms. The van der Waals surface area contributed by atoms with Gasteiger partial charge in [0.2, 0.25) is 0 Å². The van der Waals surface area contributed by atoms with E-state index in [-0.39, 0.29) is 22.7 Å². The summed E-state index contributed by atoms with van der Waals surface area (Å²) in [6.07, 6.45) is -25.9. The van der Waals surface area contributed by atoms with Crippen molar-refractivity contribution in [2.75, 3.05) is 11.4 Å². The van der Waals surface area contributed by atoms with E-state index in [0.29, 0.717) is 0 Å². The molecule has 42 heavy (non-hydrogen) atoms. The number of hydrogen-bond donors (Lipinski definition) is 1. The third-order valence-electron chi connectivity index (χ3n) is 5.28. The summed E-state index contributed by atoms with van der Waals surface area (Å²) < 4.78 is 156. The van der Waals surface area contributed by atoms with Crippen LogP contribution >= 0.6 is 0 Å². The minimum absolute atomic E-state index is 0.0170. The molecule has 0 amide bonds. The van der Waals surface area contributed by atoms with E-state index < -0.39 is 61.9 Å². The van der Waals surface area contributed by atoms with E-state index in [1.165, 1.54) is 36.4 Å². The number of rotatable bonds is 13. The lowest BCUT2D eigenvalue weighted by atomic mass is 10.1. The Bertz CT molecular complexity index is 1320. The van der Waals surface area contributed by atoms with Gasteiger partial charge in [-0.25, -0.2) is 0 Å². The van der Waals surface area contributed by atoms with Crippen molar-refractivity contribution in [3.63, 3.8) is 0 Å². The number of benzene rings is 3. The highest BCUT2D eigenvalue weighted by molar-refractivity contribution is 5.52. The van der Waals surface area contributed by atoms with Gasteiger partial charge in [-0.1, -0.05) is 24.3 Å². The highest BCUT2D eigenvalue weighted by Gasteiger charge is 2.45. The summed E-state index contributed by atoms with van der Waals surface area (Å²) in [4.78, 5) is 0.970. The minimum atomic E-state index is -5.06. The van der Waals surface area contributed by atoms with Crippen molar-refractivity contribution < 1.29 is 67.6 Å². The second-order valence-electron chi connectivity index (χ2n) is 8.59. The van der Waals surface area contributed by atoms with Crippen molar-refractivity contribution >= 4 is 5.69 Å². The van der Waals surface area contributed by atoms with Gasteiger partial charge >= 0.3 is 31.2 Å². The van der Waals surface area contributed by atoms with Crippen molar-refractivity contribution in [2.24, 2.45) is 0 Å². The first-order valence-electron chi connectivity index (χ1n) is 11.6. The summed E-state index contributed by atoms with van der Waals surface area (Å²) in [7, 11) is 0. The van der Waals surface area contributed by atoms with E-state index in [2.05, 4.69) is 9.47 Å². The molecular formula is C26H20F11NO4. The first-order chi connectivity index (χ1) is 19.5. The molecule has 230 valence electrons. The van der Waals surface area contributed by atoms with E-state index in [9.17, 15) is 53.4 Å². The highest BCUT2D eigenvalue weighted by Crippen LogP contribution is 2.34. The zero-order chi connectivity index (χ0) is 31.3. The average molecular weight is 619 g/mol. The van der Waals surface area contributed by atoms with Gasteiger partial charge in [-0.15, -0.1) is 0 Å². The third-order valence-corrected chi connectivity index (χ3v) is 5.28. The maximum atomic E-state index is 13.3. The Morgan fingerprint density at radius 1 is 0.643 bits per heavy atom. The van der Waals surface area contributed by atoms with Crippen LogP contribution in [0, 0.1) is 0 Å². The molecule has 16 heteroatoms. The molecule has 0 aromatic heterocycles. The molecule has 3 aromatic rings. The number of anilines is 1. The molecule has 3 aromatic carbocycles. The molecule has 0 saturated heterocycles. The van der Waals surface area contributed by atoms with Crippen LogP contribution in [0.2, 0.25) is 0 Å². The summed E-state index contributed by atoms with van der Waals surface area (Å²) in [5, 5.41) is 9.70. The SMILES string of the molecule is O[C@H](CN(Cc1cccc(OC(F)(F)C(F)F)c1)c1cccc(Oc2cccc(OC(F)(F)C(F)F)c2)c1)C(F)(F)F. The maximum Gasteiger partial charge on any atom is 0.461 e. The molecule has 0 aliphatic carbocycles. The van der Waals surface area contributed by atoms with Gasteiger partial charge in [0.1, 0.15) is 23.0 Å². The second-order valence-corrected chi connectivity index (χ2v) is 8.59. The molecule has 0 aliphatic heterocycles. The van der Waals surface area contributed by atoms with Gasteiger partial charge in [0, 0.05) is 24.4 Å². The van der Waals surface area contributed by atoms with Gasteiger partial charge in [-0.2, -0.15) is 48.3 Å². The zero-order valence-electron chi connectivity index (χ0n) is 20.9. The van der Waals surface area contributed by atoms with Crippen LogP contribution in [0.4, 0.5) is 54.0 Å². The molecule has 0 radical (unpaired) electrons. The molecule has 5 nitrogen and oxygen atoms in total. The fraction of sp³-hybridized carbons (Fsp3) is 0.308. The molecule has 1 N–H and O–H groups in total. The Hall–Kier alpha value is -3.95. The third kappa shape index (κ3) is 9.03. The van der Waals surface area contributed by atoms with Gasteiger partial charge < -0.3 is 24.2 Å². The van der Waals surface area contributed by atoms with Crippen molar-refractivity contribution in [3.05, 3.63) is 78.4 Å². The van der Waals surface area contributed by atoms with Gasteiger partial charge in [-0.3, -0.25) is 0 Å². The number of aliphatic hydroxyl groups excluding tert-OH is 1. The normalized spacial score (nSPS) is 13.3. The quantitative estimate of drug-likeness (QED) is 0.197. The van der Waals surface area contributed by atoms with Crippen molar-refractivity contribution in [3.8, 4) is 23.0 Å². The summed E-state index contributed by atoms with van der Waals surface area (Å²) in [5.74, 6) is -1.64. The summed E-state index contributed by atoms with van der Waals surface area (Å²) in [5.41, 5.74) is 0.0136. The van der Waals surface area contributed by atoms with Crippen LogP contribution in [0.5, 0.6) is 23.0 Å². The van der Waals surface area contributed by atoms with Crippen LogP contribution in [0.25, 0.3) is 0 Å². The van der Waals surface area contributed by atoms with Gasteiger partial charge in [0.15, 0.2) is 6.10 Å². The Morgan fingerprint density at radius 3 is 1.67 bits per heavy atom. The fourth-order valence-electron chi connectivity index (χ4n) is 3.39. The number of nitrogens with zero attached hydrogens (tertiary/aromatic N) is 1. The Labute approximate surface area is 230 Å². The van der Waals surface area contributed by atoms with Gasteiger partial charge in [0.25, 0.3) is 0 Å². The van der Waals surface area contributed by atoms with Crippen molar-refractivity contribution in [1.29, 1.82) is 0 Å². The monoisotopic (exact) mass is 619 g/mol. The maximum absolute atomic E-state index is 13.3. The van der Waals surface area contributed by atoms with Gasteiger partial charge in [0.05, 0.1) is 6.54 Å². The average Bonchev–Trinajstić information content (AvgIpc) is 2.87. The van der Waals surface area contributed by atoms with Crippen LogP contribution < -0.4 is 19.1 Å². The zero-order valence-corrected chi connectivity index (χ0v) is 20.9. The van der Waals surface area contributed by atoms with E-state index in [0.717, 1.165) is 41.3 Å². The van der Waals surface area contributed by atoms with Crippen LogP contribution in [-0.2, 0) is 6.54 Å². The van der Waals surface area contributed by atoms with Gasteiger partial charge in [-0.05, 0) is 42.0 Å². The second kappa shape index (κ2) is 12.9. The molecule has 0 unspecified atom stereocenters. The number of hydrogen-bond acceptors (Lipinski definition) is 5. The summed E-state index contributed by atoms with van der Waals surface area (Å²) in [6, 6.07) is 13.5. The van der Waals surface area contributed by atoms with E-state index in [1.54, 1.807) is 0 Å². The van der Waals surface area contributed by atoms with E-state index in [1.807, 2.05) is 0 Å².